The molecule has 96 valence electrons. The number of rotatable bonds is 5. The molecule has 1 unspecified atom stereocenters. The number of nitrogens with one attached hydrogen (secondary N) is 1. The molecule has 1 aromatic heterocycles. The van der Waals surface area contributed by atoms with Crippen LogP contribution in [0.4, 0.5) is 0 Å². The first-order chi connectivity index (χ1) is 7.94. The van der Waals surface area contributed by atoms with Crippen molar-refractivity contribution in [3.63, 3.8) is 0 Å². The molecular formula is C14H24N2O. The van der Waals surface area contributed by atoms with Gasteiger partial charge in [-0.15, -0.1) is 0 Å². The first-order valence-corrected chi connectivity index (χ1v) is 6.18. The van der Waals surface area contributed by atoms with Gasteiger partial charge in [0, 0.05) is 17.7 Å². The van der Waals surface area contributed by atoms with Crippen LogP contribution >= 0.6 is 0 Å². The predicted octanol–water partition coefficient (Wildman–Crippen LogP) is 2.97. The molecule has 0 amide bonds. The Balaban J connectivity index is 2.55. The molecule has 0 aromatic carbocycles. The summed E-state index contributed by atoms with van der Waals surface area (Å²) in [5.41, 5.74) is 1.22. The Morgan fingerprint density at radius 2 is 2.12 bits per heavy atom. The van der Waals surface area contributed by atoms with Crippen molar-refractivity contribution in [2.45, 2.75) is 45.6 Å². The molecule has 0 bridgehead atoms. The molecule has 1 N–H and O–H groups in total. The molecular weight excluding hydrogens is 212 g/mol. The van der Waals surface area contributed by atoms with E-state index in [1.807, 2.05) is 18.3 Å². The zero-order valence-corrected chi connectivity index (χ0v) is 11.6. The molecule has 0 aliphatic carbocycles. The van der Waals surface area contributed by atoms with E-state index in [1.54, 1.807) is 7.11 Å². The largest absolute Gasteiger partial charge is 0.495 e. The van der Waals surface area contributed by atoms with Gasteiger partial charge in [-0.2, -0.15) is 0 Å². The van der Waals surface area contributed by atoms with Crippen LogP contribution in [0.15, 0.2) is 18.3 Å². The van der Waals surface area contributed by atoms with Crippen molar-refractivity contribution in [1.29, 1.82) is 0 Å². The van der Waals surface area contributed by atoms with Gasteiger partial charge in [0.15, 0.2) is 0 Å². The number of aromatic nitrogens is 1. The molecule has 1 aromatic rings. The Bertz CT molecular complexity index is 344. The lowest BCUT2D eigenvalue weighted by molar-refractivity contribution is 0.391. The second-order valence-corrected chi connectivity index (χ2v) is 5.46. The monoisotopic (exact) mass is 236 g/mol. The highest BCUT2D eigenvalue weighted by molar-refractivity contribution is 5.29. The maximum atomic E-state index is 5.33. The van der Waals surface area contributed by atoms with Crippen molar-refractivity contribution in [2.75, 3.05) is 13.7 Å². The zero-order valence-electron chi connectivity index (χ0n) is 11.6. The molecule has 1 atom stereocenters. The summed E-state index contributed by atoms with van der Waals surface area (Å²) >= 11 is 0. The van der Waals surface area contributed by atoms with E-state index in [4.69, 9.17) is 4.74 Å². The molecule has 3 heteroatoms. The van der Waals surface area contributed by atoms with E-state index < -0.39 is 0 Å². The van der Waals surface area contributed by atoms with Crippen LogP contribution in [0.3, 0.4) is 0 Å². The average Bonchev–Trinajstić information content (AvgIpc) is 2.27. The van der Waals surface area contributed by atoms with Gasteiger partial charge < -0.3 is 10.1 Å². The number of pyridine rings is 1. The Morgan fingerprint density at radius 3 is 2.71 bits per heavy atom. The summed E-state index contributed by atoms with van der Waals surface area (Å²) < 4.78 is 5.33. The Hall–Kier alpha value is -1.09. The van der Waals surface area contributed by atoms with Crippen molar-refractivity contribution >= 4 is 0 Å². The Kier molecular flexibility index (Phi) is 4.94. The van der Waals surface area contributed by atoms with E-state index in [2.05, 4.69) is 38.0 Å². The number of hydrogen-bond donors (Lipinski definition) is 1. The highest BCUT2D eigenvalue weighted by atomic mass is 16.5. The maximum absolute atomic E-state index is 5.33. The summed E-state index contributed by atoms with van der Waals surface area (Å²) in [4.78, 5) is 4.41. The van der Waals surface area contributed by atoms with E-state index >= 15 is 0 Å². The zero-order chi connectivity index (χ0) is 12.9. The second kappa shape index (κ2) is 6.01. The molecule has 0 aliphatic rings. The van der Waals surface area contributed by atoms with Crippen LogP contribution in [0.1, 0.15) is 45.7 Å². The molecule has 1 rings (SSSR count). The highest BCUT2D eigenvalue weighted by Crippen LogP contribution is 2.25. The van der Waals surface area contributed by atoms with E-state index in [0.29, 0.717) is 5.92 Å². The van der Waals surface area contributed by atoms with Crippen molar-refractivity contribution in [3.8, 4) is 5.75 Å². The van der Waals surface area contributed by atoms with Gasteiger partial charge in [0.2, 0.25) is 0 Å². The minimum Gasteiger partial charge on any atom is -0.495 e. The third kappa shape index (κ3) is 4.73. The van der Waals surface area contributed by atoms with Crippen molar-refractivity contribution in [2.24, 2.45) is 0 Å². The number of nitrogens with zero attached hydrogens (tertiary/aromatic N) is 1. The summed E-state index contributed by atoms with van der Waals surface area (Å²) in [5, 5.41) is 3.49. The fourth-order valence-corrected chi connectivity index (χ4v) is 1.75. The topological polar surface area (TPSA) is 34.1 Å². The molecule has 3 nitrogen and oxygen atoms in total. The molecule has 17 heavy (non-hydrogen) atoms. The summed E-state index contributed by atoms with van der Waals surface area (Å²) in [6, 6.07) is 3.87. The van der Waals surface area contributed by atoms with Gasteiger partial charge >= 0.3 is 0 Å². The molecule has 0 aliphatic heterocycles. The van der Waals surface area contributed by atoms with Crippen LogP contribution < -0.4 is 10.1 Å². The first kappa shape index (κ1) is 14.0. The number of ether oxygens (including phenoxy) is 1. The molecule has 0 saturated carbocycles. The summed E-state index contributed by atoms with van der Waals surface area (Å²) in [7, 11) is 1.70. The van der Waals surface area contributed by atoms with E-state index in [9.17, 15) is 0 Å². The van der Waals surface area contributed by atoms with Gasteiger partial charge in [-0.1, -0.05) is 6.92 Å². The molecule has 1 heterocycles. The van der Waals surface area contributed by atoms with Crippen LogP contribution in [0.5, 0.6) is 5.75 Å². The Labute approximate surface area is 105 Å². The fraction of sp³-hybridized carbons (Fsp3) is 0.643. The van der Waals surface area contributed by atoms with Crippen LogP contribution in [0, 0.1) is 0 Å². The SMILES string of the molecule is COc1cccnc1C(C)CCNC(C)(C)C. The van der Waals surface area contributed by atoms with Gasteiger partial charge in [-0.05, 0) is 45.9 Å². The number of methoxy groups -OCH3 is 1. The minimum atomic E-state index is 0.175. The van der Waals surface area contributed by atoms with Crippen molar-refractivity contribution in [3.05, 3.63) is 24.0 Å². The van der Waals surface area contributed by atoms with Gasteiger partial charge in [0.05, 0.1) is 12.8 Å². The fourth-order valence-electron chi connectivity index (χ4n) is 1.75. The summed E-state index contributed by atoms with van der Waals surface area (Å²) in [6.07, 6.45) is 2.89. The highest BCUT2D eigenvalue weighted by Gasteiger charge is 2.14. The van der Waals surface area contributed by atoms with E-state index in [0.717, 1.165) is 24.4 Å². The Morgan fingerprint density at radius 1 is 1.41 bits per heavy atom. The van der Waals surface area contributed by atoms with Gasteiger partial charge in [0.25, 0.3) is 0 Å². The maximum Gasteiger partial charge on any atom is 0.140 e. The molecule has 0 radical (unpaired) electrons. The van der Waals surface area contributed by atoms with Crippen LogP contribution in [0.25, 0.3) is 0 Å². The molecule has 0 spiro atoms. The van der Waals surface area contributed by atoms with Crippen LogP contribution in [-0.2, 0) is 0 Å². The van der Waals surface area contributed by atoms with Crippen LogP contribution in [0.2, 0.25) is 0 Å². The molecule has 0 fully saturated rings. The average molecular weight is 236 g/mol. The standard InChI is InChI=1S/C14H24N2O/c1-11(8-10-16-14(2,3)4)13-12(17-5)7-6-9-15-13/h6-7,9,11,16H,8,10H2,1-5H3. The lowest BCUT2D eigenvalue weighted by Crippen LogP contribution is -2.36. The quantitative estimate of drug-likeness (QED) is 0.853. The second-order valence-electron chi connectivity index (χ2n) is 5.46. The van der Waals surface area contributed by atoms with E-state index in [1.165, 1.54) is 0 Å². The molecule has 0 saturated heterocycles. The third-order valence-electron chi connectivity index (χ3n) is 2.72. The summed E-state index contributed by atoms with van der Waals surface area (Å²) in [5.74, 6) is 1.29. The van der Waals surface area contributed by atoms with Crippen molar-refractivity contribution in [1.82, 2.24) is 10.3 Å². The smallest absolute Gasteiger partial charge is 0.140 e. The van der Waals surface area contributed by atoms with Gasteiger partial charge in [0.1, 0.15) is 5.75 Å². The van der Waals surface area contributed by atoms with Gasteiger partial charge in [-0.3, -0.25) is 4.98 Å². The number of hydrogen-bond acceptors (Lipinski definition) is 3. The third-order valence-corrected chi connectivity index (χ3v) is 2.72. The minimum absolute atomic E-state index is 0.175. The van der Waals surface area contributed by atoms with Crippen LogP contribution in [-0.4, -0.2) is 24.2 Å². The van der Waals surface area contributed by atoms with E-state index in [-0.39, 0.29) is 5.54 Å². The predicted molar refractivity (Wildman–Crippen MR) is 71.6 cm³/mol. The normalized spacial score (nSPS) is 13.5. The lowest BCUT2D eigenvalue weighted by atomic mass is 10.0. The lowest BCUT2D eigenvalue weighted by Gasteiger charge is -2.22. The van der Waals surface area contributed by atoms with Gasteiger partial charge in [-0.25, -0.2) is 0 Å². The summed E-state index contributed by atoms with van der Waals surface area (Å²) in [6.45, 7) is 9.72. The van der Waals surface area contributed by atoms with Crippen molar-refractivity contribution < 1.29 is 4.74 Å². The first-order valence-electron chi connectivity index (χ1n) is 6.18.